The van der Waals surface area contributed by atoms with E-state index < -0.39 is 6.10 Å². The fraction of sp³-hybridized carbons (Fsp3) is 0.533. The van der Waals surface area contributed by atoms with Gasteiger partial charge in [-0.05, 0) is 37.6 Å². The molecule has 0 fully saturated rings. The Morgan fingerprint density at radius 1 is 1.45 bits per heavy atom. The number of ether oxygens (including phenoxy) is 1. The quantitative estimate of drug-likeness (QED) is 0.755. The van der Waals surface area contributed by atoms with Crippen LogP contribution in [0.15, 0.2) is 24.5 Å². The highest BCUT2D eigenvalue weighted by Gasteiger charge is 2.16. The van der Waals surface area contributed by atoms with Crippen molar-refractivity contribution in [3.05, 3.63) is 30.1 Å². The third kappa shape index (κ3) is 3.36. The molecule has 0 aliphatic rings. The maximum absolute atomic E-state index is 10.4. The summed E-state index contributed by atoms with van der Waals surface area (Å²) in [6.45, 7) is 3.55. The van der Waals surface area contributed by atoms with Gasteiger partial charge in [-0.25, -0.2) is 4.98 Å². The lowest BCUT2D eigenvalue weighted by molar-refractivity contribution is 0.132. The standard InChI is InChI=1S/C15H23N3O2/c1-11(16-7-4-8-20-3)15(19)12-5-6-14-13(9-12)17-10-18(14)2/h5-6,9-11,15-16,19H,4,7-8H2,1-3H3. The van der Waals surface area contributed by atoms with Gasteiger partial charge < -0.3 is 19.7 Å². The van der Waals surface area contributed by atoms with Gasteiger partial charge in [-0.15, -0.1) is 0 Å². The molecule has 2 unspecified atom stereocenters. The molecule has 1 aromatic carbocycles. The van der Waals surface area contributed by atoms with Crippen molar-refractivity contribution in [3.63, 3.8) is 0 Å². The SMILES string of the molecule is COCCCNC(C)C(O)c1ccc2c(c1)ncn2C. The molecular weight excluding hydrogens is 254 g/mol. The fourth-order valence-corrected chi connectivity index (χ4v) is 2.28. The molecule has 0 spiro atoms. The van der Waals surface area contributed by atoms with E-state index in [9.17, 15) is 5.11 Å². The molecule has 2 atom stereocenters. The van der Waals surface area contributed by atoms with E-state index in [2.05, 4.69) is 10.3 Å². The predicted octanol–water partition coefficient (Wildman–Crippen LogP) is 1.62. The highest BCUT2D eigenvalue weighted by atomic mass is 16.5. The molecule has 0 amide bonds. The van der Waals surface area contributed by atoms with Crippen molar-refractivity contribution >= 4 is 11.0 Å². The number of nitrogens with zero attached hydrogens (tertiary/aromatic N) is 2. The second kappa shape index (κ2) is 6.83. The summed E-state index contributed by atoms with van der Waals surface area (Å²) < 4.78 is 6.98. The van der Waals surface area contributed by atoms with Gasteiger partial charge in [-0.3, -0.25) is 0 Å². The molecule has 1 heterocycles. The maximum Gasteiger partial charge on any atom is 0.0955 e. The molecule has 110 valence electrons. The third-order valence-electron chi connectivity index (χ3n) is 3.56. The molecule has 0 saturated heterocycles. The van der Waals surface area contributed by atoms with Crippen LogP contribution in [0.3, 0.4) is 0 Å². The van der Waals surface area contributed by atoms with Crippen LogP contribution in [0.25, 0.3) is 11.0 Å². The summed E-state index contributed by atoms with van der Waals surface area (Å²) in [6, 6.07) is 5.90. The van der Waals surface area contributed by atoms with Gasteiger partial charge >= 0.3 is 0 Å². The lowest BCUT2D eigenvalue weighted by atomic mass is 10.0. The van der Waals surface area contributed by atoms with E-state index in [1.54, 1.807) is 13.4 Å². The van der Waals surface area contributed by atoms with Crippen molar-refractivity contribution in [2.45, 2.75) is 25.5 Å². The second-order valence-electron chi connectivity index (χ2n) is 5.14. The van der Waals surface area contributed by atoms with Crippen molar-refractivity contribution in [2.24, 2.45) is 7.05 Å². The van der Waals surface area contributed by atoms with E-state index in [1.165, 1.54) is 0 Å². The number of nitrogens with one attached hydrogen (secondary N) is 1. The predicted molar refractivity (Wildman–Crippen MR) is 79.6 cm³/mol. The molecule has 2 N–H and O–H groups in total. The summed E-state index contributed by atoms with van der Waals surface area (Å²) in [5.41, 5.74) is 2.88. The number of aromatic nitrogens is 2. The molecule has 0 bridgehead atoms. The number of imidazole rings is 1. The monoisotopic (exact) mass is 277 g/mol. The summed E-state index contributed by atoms with van der Waals surface area (Å²) in [6.07, 6.45) is 2.18. The zero-order valence-electron chi connectivity index (χ0n) is 12.3. The molecule has 5 nitrogen and oxygen atoms in total. The molecule has 0 aliphatic heterocycles. The maximum atomic E-state index is 10.4. The zero-order valence-corrected chi connectivity index (χ0v) is 12.3. The average Bonchev–Trinajstić information content (AvgIpc) is 2.83. The average molecular weight is 277 g/mol. The molecule has 0 radical (unpaired) electrons. The van der Waals surface area contributed by atoms with Gasteiger partial charge in [0.25, 0.3) is 0 Å². The molecule has 0 aliphatic carbocycles. The van der Waals surface area contributed by atoms with Gasteiger partial charge in [-0.2, -0.15) is 0 Å². The van der Waals surface area contributed by atoms with E-state index in [1.807, 2.05) is 36.7 Å². The van der Waals surface area contributed by atoms with Crippen molar-refractivity contribution in [1.82, 2.24) is 14.9 Å². The van der Waals surface area contributed by atoms with Crippen molar-refractivity contribution in [3.8, 4) is 0 Å². The first-order valence-electron chi connectivity index (χ1n) is 6.95. The van der Waals surface area contributed by atoms with E-state index in [-0.39, 0.29) is 6.04 Å². The van der Waals surface area contributed by atoms with E-state index in [0.717, 1.165) is 36.2 Å². The Morgan fingerprint density at radius 2 is 2.25 bits per heavy atom. The summed E-state index contributed by atoms with van der Waals surface area (Å²) in [4.78, 5) is 4.32. The number of methoxy groups -OCH3 is 1. The smallest absolute Gasteiger partial charge is 0.0955 e. The van der Waals surface area contributed by atoms with E-state index in [0.29, 0.717) is 0 Å². The van der Waals surface area contributed by atoms with Crippen molar-refractivity contribution in [1.29, 1.82) is 0 Å². The lowest BCUT2D eigenvalue weighted by Gasteiger charge is -2.20. The zero-order chi connectivity index (χ0) is 14.5. The van der Waals surface area contributed by atoms with Crippen LogP contribution >= 0.6 is 0 Å². The largest absolute Gasteiger partial charge is 0.387 e. The minimum absolute atomic E-state index is 0.00646. The van der Waals surface area contributed by atoms with Gasteiger partial charge in [0.2, 0.25) is 0 Å². The van der Waals surface area contributed by atoms with Crippen LogP contribution in [-0.2, 0) is 11.8 Å². The Bertz CT molecular complexity index is 553. The molecule has 1 aromatic heterocycles. The highest BCUT2D eigenvalue weighted by Crippen LogP contribution is 2.21. The van der Waals surface area contributed by atoms with Crippen LogP contribution in [0.1, 0.15) is 25.0 Å². The van der Waals surface area contributed by atoms with Crippen LogP contribution in [0.2, 0.25) is 0 Å². The van der Waals surface area contributed by atoms with E-state index in [4.69, 9.17) is 4.74 Å². The van der Waals surface area contributed by atoms with Crippen molar-refractivity contribution < 1.29 is 9.84 Å². The normalized spacial score (nSPS) is 14.6. The van der Waals surface area contributed by atoms with Gasteiger partial charge in [0.15, 0.2) is 0 Å². The number of hydrogen-bond acceptors (Lipinski definition) is 4. The number of hydrogen-bond donors (Lipinski definition) is 2. The Hall–Kier alpha value is -1.43. The minimum Gasteiger partial charge on any atom is -0.387 e. The van der Waals surface area contributed by atoms with Gasteiger partial charge in [0.05, 0.1) is 23.5 Å². The summed E-state index contributed by atoms with van der Waals surface area (Å²) in [5.74, 6) is 0. The molecule has 5 heteroatoms. The number of fused-ring (bicyclic) bond motifs is 1. The number of benzene rings is 1. The number of rotatable bonds is 7. The Balaban J connectivity index is 2.00. The Morgan fingerprint density at radius 3 is 3.00 bits per heavy atom. The number of aliphatic hydroxyl groups excluding tert-OH is 1. The first-order valence-corrected chi connectivity index (χ1v) is 6.95. The fourth-order valence-electron chi connectivity index (χ4n) is 2.28. The summed E-state index contributed by atoms with van der Waals surface area (Å²) in [5, 5.41) is 13.7. The first-order chi connectivity index (χ1) is 9.63. The molecule has 2 rings (SSSR count). The number of aliphatic hydroxyl groups is 1. The third-order valence-corrected chi connectivity index (χ3v) is 3.56. The molecule has 20 heavy (non-hydrogen) atoms. The number of aryl methyl sites for hydroxylation is 1. The Kier molecular flexibility index (Phi) is 5.11. The minimum atomic E-state index is -0.538. The van der Waals surface area contributed by atoms with E-state index >= 15 is 0 Å². The topological polar surface area (TPSA) is 59.3 Å². The van der Waals surface area contributed by atoms with Crippen molar-refractivity contribution in [2.75, 3.05) is 20.3 Å². The van der Waals surface area contributed by atoms with Crippen LogP contribution in [-0.4, -0.2) is 41.0 Å². The lowest BCUT2D eigenvalue weighted by Crippen LogP contribution is -2.33. The molecule has 2 aromatic rings. The van der Waals surface area contributed by atoms with Gasteiger partial charge in [0.1, 0.15) is 0 Å². The van der Waals surface area contributed by atoms with Gasteiger partial charge in [-0.1, -0.05) is 6.07 Å². The van der Waals surface area contributed by atoms with Crippen LogP contribution in [0, 0.1) is 0 Å². The summed E-state index contributed by atoms with van der Waals surface area (Å²) >= 11 is 0. The highest BCUT2D eigenvalue weighted by molar-refractivity contribution is 5.76. The summed E-state index contributed by atoms with van der Waals surface area (Å²) in [7, 11) is 3.66. The van der Waals surface area contributed by atoms with Gasteiger partial charge in [0, 0.05) is 26.8 Å². The Labute approximate surface area is 119 Å². The molecular formula is C15H23N3O2. The second-order valence-corrected chi connectivity index (χ2v) is 5.14. The van der Waals surface area contributed by atoms with Crippen LogP contribution in [0.5, 0.6) is 0 Å². The van der Waals surface area contributed by atoms with Crippen LogP contribution < -0.4 is 5.32 Å². The molecule has 0 saturated carbocycles. The van der Waals surface area contributed by atoms with Crippen LogP contribution in [0.4, 0.5) is 0 Å². The first kappa shape index (κ1) is 15.0.